The van der Waals surface area contributed by atoms with Crippen LogP contribution < -0.4 is 15.4 Å². The van der Waals surface area contributed by atoms with Crippen LogP contribution in [0.3, 0.4) is 0 Å². The van der Waals surface area contributed by atoms with Crippen LogP contribution in [0.2, 0.25) is 0 Å². The molecule has 0 spiro atoms. The van der Waals surface area contributed by atoms with E-state index in [4.69, 9.17) is 0 Å². The average molecular weight is 490 g/mol. The topological polar surface area (TPSA) is 70.7 Å². The van der Waals surface area contributed by atoms with Gasteiger partial charge in [-0.1, -0.05) is 24.3 Å². The van der Waals surface area contributed by atoms with Crippen molar-refractivity contribution in [3.05, 3.63) is 82.0 Å². The molecule has 2 amide bonds. The van der Waals surface area contributed by atoms with E-state index in [1.807, 2.05) is 29.0 Å². The van der Waals surface area contributed by atoms with Crippen LogP contribution in [-0.2, 0) is 22.6 Å². The number of amides is 2. The molecule has 1 atom stereocenters. The Balaban J connectivity index is 1.36. The highest BCUT2D eigenvalue weighted by molar-refractivity contribution is 7.08. The van der Waals surface area contributed by atoms with Gasteiger partial charge in [0, 0.05) is 25.3 Å². The molecule has 2 heterocycles. The third-order valence-electron chi connectivity index (χ3n) is 5.54. The van der Waals surface area contributed by atoms with Gasteiger partial charge in [0.25, 0.3) is 0 Å². The van der Waals surface area contributed by atoms with Crippen molar-refractivity contribution in [2.24, 2.45) is 0 Å². The fourth-order valence-electron chi connectivity index (χ4n) is 3.90. The molecule has 10 heteroatoms. The normalized spacial score (nSPS) is 14.7. The van der Waals surface area contributed by atoms with Crippen LogP contribution in [0.25, 0.3) is 0 Å². The van der Waals surface area contributed by atoms with E-state index in [9.17, 15) is 22.8 Å². The molecule has 2 aromatic carbocycles. The van der Waals surface area contributed by atoms with Gasteiger partial charge >= 0.3 is 18.2 Å². The standard InChI is InChI=1S/C24H22F3N3O3S/c25-24(26,27)33-20-7-5-19(6-8-20)29-23(32)22(31)28-13-21(18-10-12-34-15-18)30-11-9-16-3-1-2-4-17(16)14-30/h1-8,10,12,15,21H,9,11,13-14H2,(H,28,31)(H,29,32)/t21-/m0/s1. The van der Waals surface area contributed by atoms with Crippen LogP contribution in [0.15, 0.2) is 65.4 Å². The number of thiophene rings is 1. The average Bonchev–Trinajstić information content (AvgIpc) is 3.34. The van der Waals surface area contributed by atoms with Crippen molar-refractivity contribution in [3.8, 4) is 5.75 Å². The Morgan fingerprint density at radius 2 is 1.76 bits per heavy atom. The molecule has 0 saturated heterocycles. The number of nitrogens with one attached hydrogen (secondary N) is 2. The number of rotatable bonds is 6. The number of hydrogen-bond donors (Lipinski definition) is 2. The second-order valence-electron chi connectivity index (χ2n) is 7.80. The second kappa shape index (κ2) is 10.3. The lowest BCUT2D eigenvalue weighted by atomic mass is 9.97. The highest BCUT2D eigenvalue weighted by Gasteiger charge is 2.31. The van der Waals surface area contributed by atoms with Gasteiger partial charge < -0.3 is 15.4 Å². The number of carbonyl (C=O) groups excluding carboxylic acids is 2. The van der Waals surface area contributed by atoms with E-state index in [0.717, 1.165) is 37.2 Å². The van der Waals surface area contributed by atoms with Crippen molar-refractivity contribution < 1.29 is 27.5 Å². The minimum absolute atomic E-state index is 0.102. The van der Waals surface area contributed by atoms with E-state index in [1.54, 1.807) is 11.3 Å². The molecule has 4 rings (SSSR count). The molecule has 2 N–H and O–H groups in total. The first-order chi connectivity index (χ1) is 16.3. The van der Waals surface area contributed by atoms with Gasteiger partial charge in [-0.05, 0) is 64.2 Å². The maximum Gasteiger partial charge on any atom is 0.573 e. The van der Waals surface area contributed by atoms with Gasteiger partial charge in [-0.2, -0.15) is 11.3 Å². The van der Waals surface area contributed by atoms with Gasteiger partial charge in [-0.15, -0.1) is 13.2 Å². The lowest BCUT2D eigenvalue weighted by Gasteiger charge is -2.35. The Hall–Kier alpha value is -3.37. The van der Waals surface area contributed by atoms with E-state index in [1.165, 1.54) is 23.3 Å². The number of benzene rings is 2. The predicted molar refractivity (Wildman–Crippen MR) is 122 cm³/mol. The summed E-state index contributed by atoms with van der Waals surface area (Å²) in [5.41, 5.74) is 3.80. The number of ether oxygens (including phenoxy) is 1. The SMILES string of the molecule is O=C(NC[C@@H](c1ccsc1)N1CCc2ccccc2C1)C(=O)Nc1ccc(OC(F)(F)F)cc1. The number of halogens is 3. The van der Waals surface area contributed by atoms with Crippen LogP contribution in [0.5, 0.6) is 5.75 Å². The van der Waals surface area contributed by atoms with Crippen LogP contribution in [-0.4, -0.2) is 36.2 Å². The monoisotopic (exact) mass is 489 g/mol. The van der Waals surface area contributed by atoms with Gasteiger partial charge in [-0.3, -0.25) is 14.5 Å². The summed E-state index contributed by atoms with van der Waals surface area (Å²) in [6.45, 7) is 1.81. The van der Waals surface area contributed by atoms with Gasteiger partial charge in [0.2, 0.25) is 0 Å². The van der Waals surface area contributed by atoms with Crippen LogP contribution in [0.4, 0.5) is 18.9 Å². The van der Waals surface area contributed by atoms with Crippen molar-refractivity contribution >= 4 is 28.8 Å². The summed E-state index contributed by atoms with van der Waals surface area (Å²) < 4.78 is 40.6. The minimum Gasteiger partial charge on any atom is -0.406 e. The predicted octanol–water partition coefficient (Wildman–Crippen LogP) is 4.50. The summed E-state index contributed by atoms with van der Waals surface area (Å²) >= 11 is 1.57. The molecule has 0 unspecified atom stereocenters. The Morgan fingerprint density at radius 3 is 2.44 bits per heavy atom. The first kappa shape index (κ1) is 23.8. The highest BCUT2D eigenvalue weighted by Crippen LogP contribution is 2.29. The lowest BCUT2D eigenvalue weighted by molar-refractivity contribution is -0.274. The third kappa shape index (κ3) is 6.15. The van der Waals surface area contributed by atoms with Crippen molar-refractivity contribution in [2.45, 2.75) is 25.4 Å². The highest BCUT2D eigenvalue weighted by atomic mass is 32.1. The molecule has 0 radical (unpaired) electrons. The van der Waals surface area contributed by atoms with E-state index >= 15 is 0 Å². The summed E-state index contributed by atoms with van der Waals surface area (Å²) in [5.74, 6) is -2.15. The zero-order valence-corrected chi connectivity index (χ0v) is 18.8. The number of alkyl halides is 3. The second-order valence-corrected chi connectivity index (χ2v) is 8.58. The fourth-order valence-corrected chi connectivity index (χ4v) is 4.61. The van der Waals surface area contributed by atoms with Crippen molar-refractivity contribution in [1.29, 1.82) is 0 Å². The molecule has 178 valence electrons. The lowest BCUT2D eigenvalue weighted by Crippen LogP contribution is -2.43. The quantitative estimate of drug-likeness (QED) is 0.501. The molecule has 1 aliphatic rings. The van der Waals surface area contributed by atoms with Crippen molar-refractivity contribution in [2.75, 3.05) is 18.4 Å². The zero-order chi connectivity index (χ0) is 24.1. The number of fused-ring (bicyclic) bond motifs is 1. The molecule has 0 aliphatic carbocycles. The number of hydrogen-bond acceptors (Lipinski definition) is 5. The fraction of sp³-hybridized carbons (Fsp3) is 0.250. The summed E-state index contributed by atoms with van der Waals surface area (Å²) in [6.07, 6.45) is -3.90. The molecule has 0 saturated carbocycles. The third-order valence-corrected chi connectivity index (χ3v) is 6.24. The first-order valence-corrected chi connectivity index (χ1v) is 11.5. The first-order valence-electron chi connectivity index (χ1n) is 10.6. The smallest absolute Gasteiger partial charge is 0.406 e. The van der Waals surface area contributed by atoms with Crippen LogP contribution >= 0.6 is 11.3 Å². The molecule has 3 aromatic rings. The van der Waals surface area contributed by atoms with Crippen molar-refractivity contribution in [3.63, 3.8) is 0 Å². The molecule has 6 nitrogen and oxygen atoms in total. The van der Waals surface area contributed by atoms with Crippen LogP contribution in [0, 0.1) is 0 Å². The molecule has 1 aliphatic heterocycles. The van der Waals surface area contributed by atoms with E-state index in [0.29, 0.717) is 0 Å². The Labute approximate surface area is 198 Å². The zero-order valence-electron chi connectivity index (χ0n) is 18.0. The molecule has 1 aromatic heterocycles. The van der Waals surface area contributed by atoms with E-state index in [-0.39, 0.29) is 18.3 Å². The maximum atomic E-state index is 12.4. The summed E-state index contributed by atoms with van der Waals surface area (Å²) in [7, 11) is 0. The minimum atomic E-state index is -4.81. The summed E-state index contributed by atoms with van der Waals surface area (Å²) in [5, 5.41) is 9.08. The molecule has 0 fully saturated rings. The Morgan fingerprint density at radius 1 is 1.03 bits per heavy atom. The van der Waals surface area contributed by atoms with Crippen molar-refractivity contribution in [1.82, 2.24) is 10.2 Å². The van der Waals surface area contributed by atoms with Gasteiger partial charge in [0.15, 0.2) is 0 Å². The Kier molecular flexibility index (Phi) is 7.18. The van der Waals surface area contributed by atoms with Gasteiger partial charge in [0.1, 0.15) is 5.75 Å². The van der Waals surface area contributed by atoms with Gasteiger partial charge in [0.05, 0.1) is 6.04 Å². The molecule has 34 heavy (non-hydrogen) atoms. The number of nitrogens with zero attached hydrogens (tertiary/aromatic N) is 1. The summed E-state index contributed by atoms with van der Waals surface area (Å²) in [6, 6.07) is 14.7. The largest absolute Gasteiger partial charge is 0.573 e. The number of carbonyl (C=O) groups is 2. The van der Waals surface area contributed by atoms with Crippen LogP contribution in [0.1, 0.15) is 22.7 Å². The summed E-state index contributed by atoms with van der Waals surface area (Å²) in [4.78, 5) is 27.0. The van der Waals surface area contributed by atoms with E-state index < -0.39 is 23.9 Å². The molecule has 0 bridgehead atoms. The maximum absolute atomic E-state index is 12.4. The molecular formula is C24H22F3N3O3S. The number of anilines is 1. The Bertz CT molecular complexity index is 1130. The van der Waals surface area contributed by atoms with Gasteiger partial charge in [-0.25, -0.2) is 0 Å². The van der Waals surface area contributed by atoms with E-state index in [2.05, 4.69) is 32.4 Å². The molecular weight excluding hydrogens is 467 g/mol.